The van der Waals surface area contributed by atoms with Crippen LogP contribution in [-0.2, 0) is 11.2 Å². The van der Waals surface area contributed by atoms with Crippen molar-refractivity contribution in [2.45, 2.75) is 39.0 Å². The molecule has 1 unspecified atom stereocenters. The lowest BCUT2D eigenvalue weighted by Gasteiger charge is -2.12. The molecule has 1 rings (SSSR count). The highest BCUT2D eigenvalue weighted by Crippen LogP contribution is 2.23. The van der Waals surface area contributed by atoms with Crippen molar-refractivity contribution in [1.29, 1.82) is 0 Å². The Morgan fingerprint density at radius 3 is 2.74 bits per heavy atom. The number of carbonyl (C=O) groups excluding carboxylic acids is 1. The van der Waals surface area contributed by atoms with Gasteiger partial charge in [-0.25, -0.2) is 0 Å². The van der Waals surface area contributed by atoms with E-state index in [1.54, 1.807) is 0 Å². The van der Waals surface area contributed by atoms with Crippen LogP contribution in [0.2, 0.25) is 5.02 Å². The normalized spacial score (nSPS) is 12.4. The van der Waals surface area contributed by atoms with E-state index >= 15 is 0 Å². The van der Waals surface area contributed by atoms with Gasteiger partial charge in [0.15, 0.2) is 0 Å². The largest absolute Gasteiger partial charge is 0.330 e. The first-order valence-corrected chi connectivity index (χ1v) is 7.89. The van der Waals surface area contributed by atoms with Crippen LogP contribution < -0.4 is 5.73 Å². The molecule has 0 saturated carbocycles. The molecule has 19 heavy (non-hydrogen) atoms. The SMILES string of the molecule is CCC(CCN)CCC(=O)Cc1ccc(Br)cc1Cl. The van der Waals surface area contributed by atoms with Crippen LogP contribution in [-0.4, -0.2) is 12.3 Å². The summed E-state index contributed by atoms with van der Waals surface area (Å²) in [5.41, 5.74) is 6.47. The average Bonchev–Trinajstić information content (AvgIpc) is 2.38. The summed E-state index contributed by atoms with van der Waals surface area (Å²) in [6.07, 6.45) is 4.06. The molecule has 1 aromatic rings. The number of hydrogen-bond donors (Lipinski definition) is 1. The molecule has 1 aromatic carbocycles. The van der Waals surface area contributed by atoms with Crippen LogP contribution in [0.5, 0.6) is 0 Å². The highest BCUT2D eigenvalue weighted by atomic mass is 79.9. The van der Waals surface area contributed by atoms with Gasteiger partial charge in [-0.05, 0) is 43.0 Å². The van der Waals surface area contributed by atoms with Gasteiger partial charge in [0.25, 0.3) is 0 Å². The van der Waals surface area contributed by atoms with Crippen molar-refractivity contribution in [3.63, 3.8) is 0 Å². The Balaban J connectivity index is 2.46. The Labute approximate surface area is 128 Å². The van der Waals surface area contributed by atoms with Crippen molar-refractivity contribution in [3.8, 4) is 0 Å². The number of nitrogens with two attached hydrogens (primary N) is 1. The number of benzene rings is 1. The molecule has 0 amide bonds. The maximum atomic E-state index is 12.0. The second-order valence-electron chi connectivity index (χ2n) is 4.84. The van der Waals surface area contributed by atoms with Gasteiger partial charge < -0.3 is 5.73 Å². The third-order valence-electron chi connectivity index (χ3n) is 3.39. The fourth-order valence-electron chi connectivity index (χ4n) is 2.12. The summed E-state index contributed by atoms with van der Waals surface area (Å²) in [7, 11) is 0. The quantitative estimate of drug-likeness (QED) is 0.759. The minimum absolute atomic E-state index is 0.250. The van der Waals surface area contributed by atoms with Crippen LogP contribution in [0.15, 0.2) is 22.7 Å². The van der Waals surface area contributed by atoms with Gasteiger partial charge in [0, 0.05) is 22.3 Å². The van der Waals surface area contributed by atoms with E-state index in [-0.39, 0.29) is 5.78 Å². The van der Waals surface area contributed by atoms with Crippen molar-refractivity contribution in [2.24, 2.45) is 11.7 Å². The monoisotopic (exact) mass is 345 g/mol. The van der Waals surface area contributed by atoms with Crippen LogP contribution in [0.3, 0.4) is 0 Å². The Morgan fingerprint density at radius 2 is 2.16 bits per heavy atom. The van der Waals surface area contributed by atoms with Crippen LogP contribution >= 0.6 is 27.5 Å². The lowest BCUT2D eigenvalue weighted by Crippen LogP contribution is -2.11. The first kappa shape index (κ1) is 16.7. The third kappa shape index (κ3) is 6.07. The van der Waals surface area contributed by atoms with E-state index in [2.05, 4.69) is 22.9 Å². The predicted molar refractivity (Wildman–Crippen MR) is 84.5 cm³/mol. The summed E-state index contributed by atoms with van der Waals surface area (Å²) in [5.74, 6) is 0.814. The van der Waals surface area contributed by atoms with E-state index < -0.39 is 0 Å². The van der Waals surface area contributed by atoms with Crippen molar-refractivity contribution in [3.05, 3.63) is 33.3 Å². The Hall–Kier alpha value is -0.380. The van der Waals surface area contributed by atoms with E-state index in [4.69, 9.17) is 17.3 Å². The topological polar surface area (TPSA) is 43.1 Å². The van der Waals surface area contributed by atoms with Crippen LogP contribution in [0, 0.1) is 5.92 Å². The Morgan fingerprint density at radius 1 is 1.42 bits per heavy atom. The second-order valence-corrected chi connectivity index (χ2v) is 6.16. The molecule has 106 valence electrons. The molecule has 0 radical (unpaired) electrons. The number of rotatable bonds is 8. The van der Waals surface area contributed by atoms with Crippen molar-refractivity contribution < 1.29 is 4.79 Å². The Bertz CT molecular complexity index is 423. The maximum absolute atomic E-state index is 12.0. The van der Waals surface area contributed by atoms with Crippen LogP contribution in [0.25, 0.3) is 0 Å². The molecule has 0 heterocycles. The van der Waals surface area contributed by atoms with Crippen LogP contribution in [0.4, 0.5) is 0 Å². The van der Waals surface area contributed by atoms with E-state index in [0.29, 0.717) is 30.3 Å². The molecule has 1 atom stereocenters. The van der Waals surface area contributed by atoms with Gasteiger partial charge in [-0.3, -0.25) is 4.79 Å². The molecule has 0 bridgehead atoms. The van der Waals surface area contributed by atoms with E-state index in [1.807, 2.05) is 18.2 Å². The van der Waals surface area contributed by atoms with Gasteiger partial charge in [-0.2, -0.15) is 0 Å². The molecular weight excluding hydrogens is 326 g/mol. The van der Waals surface area contributed by atoms with Gasteiger partial charge >= 0.3 is 0 Å². The molecule has 0 aliphatic carbocycles. The Kier molecular flexibility index (Phi) is 7.66. The fraction of sp³-hybridized carbons (Fsp3) is 0.533. The summed E-state index contributed by atoms with van der Waals surface area (Å²) >= 11 is 9.47. The molecule has 2 N–H and O–H groups in total. The van der Waals surface area contributed by atoms with Crippen molar-refractivity contribution >= 4 is 33.3 Å². The van der Waals surface area contributed by atoms with Gasteiger partial charge in [0.05, 0.1) is 0 Å². The van der Waals surface area contributed by atoms with Crippen LogP contribution in [0.1, 0.15) is 38.2 Å². The summed E-state index contributed by atoms with van der Waals surface area (Å²) < 4.78 is 0.933. The fourth-order valence-corrected chi connectivity index (χ4v) is 2.86. The first-order valence-electron chi connectivity index (χ1n) is 6.72. The molecule has 0 saturated heterocycles. The van der Waals surface area contributed by atoms with E-state index in [9.17, 15) is 4.79 Å². The van der Waals surface area contributed by atoms with Gasteiger partial charge in [0.2, 0.25) is 0 Å². The summed E-state index contributed by atoms with van der Waals surface area (Å²) in [6.45, 7) is 2.85. The van der Waals surface area contributed by atoms with Gasteiger partial charge in [-0.15, -0.1) is 0 Å². The van der Waals surface area contributed by atoms with Crippen molar-refractivity contribution in [1.82, 2.24) is 0 Å². The van der Waals surface area contributed by atoms with Crippen molar-refractivity contribution in [2.75, 3.05) is 6.54 Å². The molecule has 0 spiro atoms. The number of halogens is 2. The smallest absolute Gasteiger partial charge is 0.137 e. The molecule has 4 heteroatoms. The minimum atomic E-state index is 0.250. The van der Waals surface area contributed by atoms with E-state index in [0.717, 1.165) is 29.3 Å². The zero-order valence-electron chi connectivity index (χ0n) is 11.3. The summed E-state index contributed by atoms with van der Waals surface area (Å²) in [5, 5.41) is 0.650. The number of ketones is 1. The van der Waals surface area contributed by atoms with Gasteiger partial charge in [-0.1, -0.05) is 46.9 Å². The lowest BCUT2D eigenvalue weighted by molar-refractivity contribution is -0.118. The standard InChI is InChI=1S/C15H21BrClNO/c1-2-11(7-8-18)3-6-14(19)9-12-4-5-13(16)10-15(12)17/h4-5,10-11H,2-3,6-9,18H2,1H3. The molecule has 0 aliphatic heterocycles. The number of carbonyl (C=O) groups is 1. The first-order chi connectivity index (χ1) is 9.06. The average molecular weight is 347 g/mol. The molecule has 0 aromatic heterocycles. The van der Waals surface area contributed by atoms with E-state index in [1.165, 1.54) is 0 Å². The maximum Gasteiger partial charge on any atom is 0.137 e. The zero-order chi connectivity index (χ0) is 14.3. The minimum Gasteiger partial charge on any atom is -0.330 e. The van der Waals surface area contributed by atoms with Gasteiger partial charge in [0.1, 0.15) is 5.78 Å². The highest BCUT2D eigenvalue weighted by molar-refractivity contribution is 9.10. The molecule has 0 fully saturated rings. The summed E-state index contributed by atoms with van der Waals surface area (Å²) in [4.78, 5) is 12.0. The lowest BCUT2D eigenvalue weighted by atomic mass is 9.94. The number of hydrogen-bond acceptors (Lipinski definition) is 2. The summed E-state index contributed by atoms with van der Waals surface area (Å²) in [6, 6.07) is 5.65. The zero-order valence-corrected chi connectivity index (χ0v) is 13.6. The number of Topliss-reactive ketones (excluding diaryl/α,β-unsaturated/α-hetero) is 1. The third-order valence-corrected chi connectivity index (χ3v) is 4.23. The molecule has 0 aliphatic rings. The highest BCUT2D eigenvalue weighted by Gasteiger charge is 2.11. The predicted octanol–water partition coefficient (Wildman–Crippen LogP) is 4.37. The molecule has 2 nitrogen and oxygen atoms in total. The molecular formula is C15H21BrClNO. The second kappa shape index (κ2) is 8.72.